The van der Waals surface area contributed by atoms with Crippen molar-refractivity contribution in [3.63, 3.8) is 0 Å². The number of rotatable bonds is 3. The maximum absolute atomic E-state index is 13.6. The molecule has 0 aliphatic heterocycles. The minimum Gasteiger partial charge on any atom is -0.385 e. The molecule has 0 radical (unpaired) electrons. The molecular weight excluding hydrogens is 347 g/mol. The van der Waals surface area contributed by atoms with Crippen molar-refractivity contribution in [2.75, 3.05) is 17.7 Å². The molecule has 0 aromatic heterocycles. The SMILES string of the molecule is CNc1c(F)cccc1C(=O)Nc1ccc(Br)c(Cl)c1. The summed E-state index contributed by atoms with van der Waals surface area (Å²) < 4.78 is 14.3. The molecule has 0 fully saturated rings. The molecule has 2 aromatic carbocycles. The highest BCUT2D eigenvalue weighted by Crippen LogP contribution is 2.26. The third-order valence-electron chi connectivity index (χ3n) is 2.69. The largest absolute Gasteiger partial charge is 0.385 e. The van der Waals surface area contributed by atoms with Gasteiger partial charge in [-0.2, -0.15) is 0 Å². The normalized spacial score (nSPS) is 10.2. The first kappa shape index (κ1) is 14.8. The van der Waals surface area contributed by atoms with Gasteiger partial charge in [-0.05, 0) is 46.3 Å². The molecule has 1 amide bonds. The van der Waals surface area contributed by atoms with Gasteiger partial charge in [-0.3, -0.25) is 4.79 Å². The van der Waals surface area contributed by atoms with Gasteiger partial charge in [0.2, 0.25) is 0 Å². The number of carbonyl (C=O) groups is 1. The summed E-state index contributed by atoms with van der Waals surface area (Å²) in [5.74, 6) is -0.888. The van der Waals surface area contributed by atoms with Gasteiger partial charge in [0.1, 0.15) is 5.82 Å². The number of hydrogen-bond donors (Lipinski definition) is 2. The van der Waals surface area contributed by atoms with Gasteiger partial charge in [0, 0.05) is 17.2 Å². The van der Waals surface area contributed by atoms with Crippen LogP contribution >= 0.6 is 27.5 Å². The molecule has 0 spiro atoms. The topological polar surface area (TPSA) is 41.1 Å². The molecule has 0 saturated heterocycles. The van der Waals surface area contributed by atoms with Crippen molar-refractivity contribution in [2.24, 2.45) is 0 Å². The summed E-state index contributed by atoms with van der Waals surface area (Å²) in [6, 6.07) is 9.36. The first-order valence-electron chi connectivity index (χ1n) is 5.75. The summed E-state index contributed by atoms with van der Waals surface area (Å²) in [6.07, 6.45) is 0. The molecule has 2 rings (SSSR count). The standard InChI is InChI=1S/C14H11BrClFN2O/c1-18-13-9(3-2-4-12(13)17)14(20)19-8-5-6-10(15)11(16)7-8/h2-7,18H,1H3,(H,19,20). The van der Waals surface area contributed by atoms with Crippen LogP contribution in [0.5, 0.6) is 0 Å². The molecule has 0 atom stereocenters. The predicted molar refractivity (Wildman–Crippen MR) is 83.1 cm³/mol. The Balaban J connectivity index is 2.28. The molecule has 20 heavy (non-hydrogen) atoms. The Morgan fingerprint density at radius 1 is 1.30 bits per heavy atom. The van der Waals surface area contributed by atoms with Crippen molar-refractivity contribution in [3.8, 4) is 0 Å². The van der Waals surface area contributed by atoms with Gasteiger partial charge in [0.15, 0.2) is 0 Å². The van der Waals surface area contributed by atoms with Crippen molar-refractivity contribution in [2.45, 2.75) is 0 Å². The van der Waals surface area contributed by atoms with Gasteiger partial charge < -0.3 is 10.6 Å². The summed E-state index contributed by atoms with van der Waals surface area (Å²) in [5, 5.41) is 5.84. The van der Waals surface area contributed by atoms with E-state index in [-0.39, 0.29) is 11.3 Å². The molecule has 2 aromatic rings. The van der Waals surface area contributed by atoms with E-state index in [1.54, 1.807) is 31.3 Å². The van der Waals surface area contributed by atoms with Crippen LogP contribution in [0.15, 0.2) is 40.9 Å². The van der Waals surface area contributed by atoms with E-state index in [9.17, 15) is 9.18 Å². The Kier molecular flexibility index (Phi) is 4.62. The molecular formula is C14H11BrClFN2O. The van der Waals surface area contributed by atoms with Gasteiger partial charge >= 0.3 is 0 Å². The average Bonchev–Trinajstić information content (AvgIpc) is 2.42. The van der Waals surface area contributed by atoms with Crippen molar-refractivity contribution in [1.82, 2.24) is 0 Å². The lowest BCUT2D eigenvalue weighted by Crippen LogP contribution is -2.14. The van der Waals surface area contributed by atoms with E-state index in [4.69, 9.17) is 11.6 Å². The zero-order valence-electron chi connectivity index (χ0n) is 10.5. The summed E-state index contributed by atoms with van der Waals surface area (Å²) in [7, 11) is 1.56. The van der Waals surface area contributed by atoms with E-state index in [2.05, 4.69) is 26.6 Å². The lowest BCUT2D eigenvalue weighted by molar-refractivity contribution is 0.102. The predicted octanol–water partition coefficient (Wildman–Crippen LogP) is 4.54. The molecule has 6 heteroatoms. The number of benzene rings is 2. The van der Waals surface area contributed by atoms with Crippen LogP contribution in [0, 0.1) is 5.82 Å². The molecule has 0 unspecified atom stereocenters. The van der Waals surface area contributed by atoms with Crippen LogP contribution in [-0.2, 0) is 0 Å². The van der Waals surface area contributed by atoms with E-state index in [0.717, 1.165) is 4.47 Å². The summed E-state index contributed by atoms with van der Waals surface area (Å²) >= 11 is 9.23. The highest BCUT2D eigenvalue weighted by molar-refractivity contribution is 9.10. The quantitative estimate of drug-likeness (QED) is 0.847. The van der Waals surface area contributed by atoms with Crippen molar-refractivity contribution in [1.29, 1.82) is 0 Å². The monoisotopic (exact) mass is 356 g/mol. The minimum atomic E-state index is -0.478. The Labute approximate surface area is 129 Å². The minimum absolute atomic E-state index is 0.160. The molecule has 0 heterocycles. The van der Waals surface area contributed by atoms with Crippen molar-refractivity contribution in [3.05, 3.63) is 57.3 Å². The van der Waals surface area contributed by atoms with Crippen LogP contribution in [0.4, 0.5) is 15.8 Å². The third kappa shape index (κ3) is 3.11. The van der Waals surface area contributed by atoms with Crippen LogP contribution in [0.25, 0.3) is 0 Å². The van der Waals surface area contributed by atoms with Crippen LogP contribution in [0.2, 0.25) is 5.02 Å². The lowest BCUT2D eigenvalue weighted by Gasteiger charge is -2.11. The van der Waals surface area contributed by atoms with Gasteiger partial charge in [-0.1, -0.05) is 17.7 Å². The van der Waals surface area contributed by atoms with Gasteiger partial charge in [0.05, 0.1) is 16.3 Å². The van der Waals surface area contributed by atoms with Crippen molar-refractivity contribution < 1.29 is 9.18 Å². The highest BCUT2D eigenvalue weighted by Gasteiger charge is 2.14. The smallest absolute Gasteiger partial charge is 0.257 e. The number of nitrogens with one attached hydrogen (secondary N) is 2. The van der Waals surface area contributed by atoms with Gasteiger partial charge in [0.25, 0.3) is 5.91 Å². The number of amides is 1. The Bertz CT molecular complexity index is 664. The summed E-state index contributed by atoms with van der Waals surface area (Å²) in [4.78, 5) is 12.2. The fraction of sp³-hybridized carbons (Fsp3) is 0.0714. The first-order valence-corrected chi connectivity index (χ1v) is 6.92. The van der Waals surface area contributed by atoms with E-state index in [1.165, 1.54) is 12.1 Å². The number of carbonyl (C=O) groups excluding carboxylic acids is 1. The molecule has 0 saturated carbocycles. The molecule has 104 valence electrons. The number of hydrogen-bond acceptors (Lipinski definition) is 2. The second-order valence-corrected chi connectivity index (χ2v) is 5.26. The summed E-state index contributed by atoms with van der Waals surface area (Å²) in [5.41, 5.74) is 0.925. The Morgan fingerprint density at radius 2 is 2.05 bits per heavy atom. The molecule has 0 aliphatic carbocycles. The number of halogens is 3. The van der Waals surface area contributed by atoms with Gasteiger partial charge in [-0.15, -0.1) is 0 Å². The zero-order valence-corrected chi connectivity index (χ0v) is 12.8. The molecule has 3 nitrogen and oxygen atoms in total. The van der Waals surface area contributed by atoms with Crippen LogP contribution < -0.4 is 10.6 Å². The van der Waals surface area contributed by atoms with E-state index in [0.29, 0.717) is 10.7 Å². The van der Waals surface area contributed by atoms with Crippen LogP contribution in [0.1, 0.15) is 10.4 Å². The maximum atomic E-state index is 13.6. The fourth-order valence-electron chi connectivity index (χ4n) is 1.74. The molecule has 0 aliphatic rings. The van der Waals surface area contributed by atoms with E-state index < -0.39 is 11.7 Å². The zero-order chi connectivity index (χ0) is 14.7. The highest BCUT2D eigenvalue weighted by atomic mass is 79.9. The second-order valence-electron chi connectivity index (χ2n) is 4.00. The van der Waals surface area contributed by atoms with E-state index in [1.807, 2.05) is 0 Å². The molecule has 0 bridgehead atoms. The van der Waals surface area contributed by atoms with Gasteiger partial charge in [-0.25, -0.2) is 4.39 Å². The average molecular weight is 358 g/mol. The first-order chi connectivity index (χ1) is 9.52. The lowest BCUT2D eigenvalue weighted by atomic mass is 10.1. The maximum Gasteiger partial charge on any atom is 0.257 e. The Hall–Kier alpha value is -1.59. The fourth-order valence-corrected chi connectivity index (χ4v) is 2.17. The van der Waals surface area contributed by atoms with E-state index >= 15 is 0 Å². The van der Waals surface area contributed by atoms with Crippen molar-refractivity contribution >= 4 is 44.8 Å². The Morgan fingerprint density at radius 3 is 2.70 bits per heavy atom. The van der Waals surface area contributed by atoms with Crippen LogP contribution in [-0.4, -0.2) is 13.0 Å². The van der Waals surface area contributed by atoms with Crippen LogP contribution in [0.3, 0.4) is 0 Å². The second kappa shape index (κ2) is 6.24. The molecule has 2 N–H and O–H groups in total. The number of para-hydroxylation sites is 1. The number of anilines is 2. The third-order valence-corrected chi connectivity index (χ3v) is 3.92. The summed E-state index contributed by atoms with van der Waals surface area (Å²) in [6.45, 7) is 0.